The molecule has 19 heavy (non-hydrogen) atoms. The van der Waals surface area contributed by atoms with E-state index in [1.54, 1.807) is 0 Å². The summed E-state index contributed by atoms with van der Waals surface area (Å²) in [6.07, 6.45) is -4.09. The molecule has 1 unspecified atom stereocenters. The molecule has 0 heterocycles. The largest absolute Gasteiger partial charge is 0.462 e. The van der Waals surface area contributed by atoms with Gasteiger partial charge in [0.05, 0.1) is 11.9 Å². The summed E-state index contributed by atoms with van der Waals surface area (Å²) in [4.78, 5) is 22.4. The number of hydrogen-bond donors (Lipinski definition) is 0. The van der Waals surface area contributed by atoms with Crippen LogP contribution in [0, 0.1) is 0 Å². The molecule has 0 aromatic rings. The van der Waals surface area contributed by atoms with Gasteiger partial charge in [-0.15, -0.1) is 0 Å². The number of carbonyl (C=O) groups is 2. The quantitative estimate of drug-likeness (QED) is 0.454. The molecule has 0 amide bonds. The normalized spacial score (nSPS) is 21.3. The van der Waals surface area contributed by atoms with E-state index in [-0.39, 0.29) is 30.6 Å². The van der Waals surface area contributed by atoms with Gasteiger partial charge in [-0.3, -0.25) is 4.79 Å². The van der Waals surface area contributed by atoms with Crippen LogP contribution in [-0.4, -0.2) is 29.8 Å². The smallest absolute Gasteiger partial charge is 0.426 e. The van der Waals surface area contributed by atoms with Crippen LogP contribution in [0.3, 0.4) is 0 Å². The molecule has 0 aromatic heterocycles. The Morgan fingerprint density at radius 1 is 1.47 bits per heavy atom. The van der Waals surface area contributed by atoms with E-state index >= 15 is 0 Å². The van der Waals surface area contributed by atoms with Crippen molar-refractivity contribution in [2.75, 3.05) is 6.61 Å². The Bertz CT molecular complexity index is 403. The highest BCUT2D eigenvalue weighted by Gasteiger charge is 2.44. The van der Waals surface area contributed by atoms with Gasteiger partial charge in [-0.25, -0.2) is 4.79 Å². The van der Waals surface area contributed by atoms with Crippen molar-refractivity contribution >= 4 is 23.5 Å². The van der Waals surface area contributed by atoms with Gasteiger partial charge in [0.25, 0.3) is 0 Å². The zero-order valence-corrected chi connectivity index (χ0v) is 10.9. The van der Waals surface area contributed by atoms with Gasteiger partial charge in [-0.1, -0.05) is 11.8 Å². The first-order valence-electron chi connectivity index (χ1n) is 5.60. The Morgan fingerprint density at radius 2 is 2.11 bits per heavy atom. The maximum Gasteiger partial charge on any atom is 0.426 e. The number of alkyl halides is 3. The van der Waals surface area contributed by atoms with E-state index in [9.17, 15) is 27.2 Å². The van der Waals surface area contributed by atoms with Gasteiger partial charge < -0.3 is 4.74 Å². The molecule has 1 saturated carbocycles. The van der Waals surface area contributed by atoms with Crippen molar-refractivity contribution in [1.82, 2.24) is 0 Å². The van der Waals surface area contributed by atoms with E-state index in [1.807, 2.05) is 0 Å². The van der Waals surface area contributed by atoms with E-state index in [1.165, 1.54) is 6.92 Å². The molecular formula is C11H12F4O3S. The van der Waals surface area contributed by atoms with Crippen molar-refractivity contribution in [3.63, 3.8) is 0 Å². The summed E-state index contributed by atoms with van der Waals surface area (Å²) in [6, 6.07) is 0. The Kier molecular flexibility index (Phi) is 5.39. The van der Waals surface area contributed by atoms with Crippen LogP contribution < -0.4 is 0 Å². The molecular weight excluding hydrogens is 288 g/mol. The molecule has 108 valence electrons. The summed E-state index contributed by atoms with van der Waals surface area (Å²) in [5.74, 6) is -2.06. The summed E-state index contributed by atoms with van der Waals surface area (Å²) >= 11 is 0.147. The van der Waals surface area contributed by atoms with Crippen molar-refractivity contribution in [3.05, 3.63) is 10.7 Å². The highest BCUT2D eigenvalue weighted by molar-refractivity contribution is 8.04. The molecule has 0 aliphatic heterocycles. The molecule has 1 atom stereocenters. The minimum absolute atomic E-state index is 0.147. The van der Waals surface area contributed by atoms with E-state index in [0.29, 0.717) is 12.8 Å². The van der Waals surface area contributed by atoms with Crippen LogP contribution in [0.2, 0.25) is 0 Å². The third-order valence-corrected chi connectivity index (χ3v) is 3.65. The molecule has 1 aliphatic rings. The van der Waals surface area contributed by atoms with Crippen molar-refractivity contribution < 1.29 is 31.9 Å². The van der Waals surface area contributed by atoms with Crippen LogP contribution in [0.1, 0.15) is 26.2 Å². The average Bonchev–Trinajstić information content (AvgIpc) is 2.62. The lowest BCUT2D eigenvalue weighted by Gasteiger charge is -2.13. The molecule has 0 bridgehead atoms. The fraction of sp³-hybridized carbons (Fsp3) is 0.636. The summed E-state index contributed by atoms with van der Waals surface area (Å²) in [6.45, 7) is 1.02. The lowest BCUT2D eigenvalue weighted by Crippen LogP contribution is -2.24. The number of esters is 1. The third-order valence-electron chi connectivity index (χ3n) is 2.45. The van der Waals surface area contributed by atoms with E-state index < -0.39 is 28.1 Å². The van der Waals surface area contributed by atoms with Crippen molar-refractivity contribution in [3.8, 4) is 0 Å². The number of carbonyl (C=O) groups excluding carboxylic acids is 2. The van der Waals surface area contributed by atoms with Gasteiger partial charge in [0.15, 0.2) is 10.7 Å². The Morgan fingerprint density at radius 3 is 2.53 bits per heavy atom. The molecule has 0 saturated heterocycles. The summed E-state index contributed by atoms with van der Waals surface area (Å²) in [7, 11) is 0. The zero-order valence-electron chi connectivity index (χ0n) is 10.1. The highest BCUT2D eigenvalue weighted by atomic mass is 32.2. The topological polar surface area (TPSA) is 43.4 Å². The molecule has 0 N–H and O–H groups in total. The van der Waals surface area contributed by atoms with Gasteiger partial charge in [0.1, 0.15) is 5.78 Å². The van der Waals surface area contributed by atoms with E-state index in [0.717, 1.165) is 0 Å². The molecule has 0 radical (unpaired) electrons. The Balaban J connectivity index is 2.96. The van der Waals surface area contributed by atoms with Crippen molar-refractivity contribution in [2.45, 2.75) is 37.6 Å². The third kappa shape index (κ3) is 4.22. The zero-order chi connectivity index (χ0) is 14.6. The molecule has 1 rings (SSSR count). The number of halogens is 4. The number of ether oxygens (including phenoxy) is 1. The number of rotatable bonds is 4. The first-order chi connectivity index (χ1) is 8.77. The Labute approximate surface area is 111 Å². The lowest BCUT2D eigenvalue weighted by atomic mass is 10.3. The minimum Gasteiger partial charge on any atom is -0.462 e. The number of ketones is 1. The second kappa shape index (κ2) is 6.40. The van der Waals surface area contributed by atoms with Crippen LogP contribution in [0.15, 0.2) is 10.7 Å². The van der Waals surface area contributed by atoms with Gasteiger partial charge in [0.2, 0.25) is 0 Å². The van der Waals surface area contributed by atoms with Gasteiger partial charge in [0, 0.05) is 6.42 Å². The van der Waals surface area contributed by atoms with Gasteiger partial charge in [-0.05, 0) is 19.8 Å². The van der Waals surface area contributed by atoms with Crippen LogP contribution in [0.4, 0.5) is 17.6 Å². The molecule has 8 heteroatoms. The molecule has 1 fully saturated rings. The number of hydrogen-bond acceptors (Lipinski definition) is 4. The second-order valence-electron chi connectivity index (χ2n) is 3.83. The Hall–Kier alpha value is -1.05. The van der Waals surface area contributed by atoms with Crippen LogP contribution in [-0.2, 0) is 14.3 Å². The molecule has 3 nitrogen and oxygen atoms in total. The molecule has 0 aromatic carbocycles. The fourth-order valence-electron chi connectivity index (χ4n) is 1.60. The monoisotopic (exact) mass is 300 g/mol. The van der Waals surface area contributed by atoms with Crippen LogP contribution in [0.25, 0.3) is 0 Å². The minimum atomic E-state index is -5.15. The second-order valence-corrected chi connectivity index (χ2v) is 5.00. The number of thioether (sulfide) groups is 1. The lowest BCUT2D eigenvalue weighted by molar-refractivity contribution is -0.150. The molecule has 1 aliphatic carbocycles. The van der Waals surface area contributed by atoms with Crippen LogP contribution >= 0.6 is 11.8 Å². The predicted octanol–water partition coefficient (Wildman–Crippen LogP) is 3.15. The van der Waals surface area contributed by atoms with E-state index in [2.05, 4.69) is 4.74 Å². The van der Waals surface area contributed by atoms with Crippen molar-refractivity contribution in [1.29, 1.82) is 0 Å². The average molecular weight is 300 g/mol. The van der Waals surface area contributed by atoms with Crippen molar-refractivity contribution in [2.24, 2.45) is 0 Å². The predicted molar refractivity (Wildman–Crippen MR) is 61.1 cm³/mol. The first-order valence-corrected chi connectivity index (χ1v) is 6.48. The summed E-state index contributed by atoms with van der Waals surface area (Å²) in [5.41, 5.74) is -1.97. The standard InChI is InChI=1S/C11H12F4O3S/c1-2-18-10(17)8(11(13,14)15)9(12)19-7-5-3-4-6(7)16/h7H,2-5H2,1H3/b9-8+. The molecule has 0 spiro atoms. The van der Waals surface area contributed by atoms with Gasteiger partial charge >= 0.3 is 12.1 Å². The maximum absolute atomic E-state index is 13.6. The summed E-state index contributed by atoms with van der Waals surface area (Å²) in [5, 5.41) is -2.56. The summed E-state index contributed by atoms with van der Waals surface area (Å²) < 4.78 is 55.7. The highest BCUT2D eigenvalue weighted by Crippen LogP contribution is 2.39. The van der Waals surface area contributed by atoms with E-state index in [4.69, 9.17) is 0 Å². The number of Topliss-reactive ketones (excluding diaryl/α,β-unsaturated/α-hetero) is 1. The van der Waals surface area contributed by atoms with Crippen LogP contribution in [0.5, 0.6) is 0 Å². The first kappa shape index (κ1) is 16.0. The SMILES string of the molecule is CCOC(=O)/C(=C(/F)SC1CCCC1=O)C(F)(F)F. The van der Waals surface area contributed by atoms with Gasteiger partial charge in [-0.2, -0.15) is 17.6 Å². The maximum atomic E-state index is 13.6. The fourth-order valence-corrected chi connectivity index (χ4v) is 2.70.